The van der Waals surface area contributed by atoms with E-state index in [9.17, 15) is 14.7 Å². The number of rotatable bonds is 8. The maximum Gasteiger partial charge on any atom is 0.307 e. The Morgan fingerprint density at radius 2 is 1.43 bits per heavy atom. The molecule has 0 spiro atoms. The van der Waals surface area contributed by atoms with Crippen LogP contribution >= 0.6 is 0 Å². The average molecular weight is 297 g/mol. The quantitative estimate of drug-likeness (QED) is 0.748. The molecule has 0 saturated heterocycles. The molecule has 1 fully saturated rings. The van der Waals surface area contributed by atoms with Crippen LogP contribution in [0.5, 0.6) is 0 Å². The van der Waals surface area contributed by atoms with Crippen LogP contribution in [0.15, 0.2) is 0 Å². The van der Waals surface area contributed by atoms with Crippen LogP contribution < -0.4 is 0 Å². The molecule has 0 radical (unpaired) electrons. The van der Waals surface area contributed by atoms with Gasteiger partial charge in [0, 0.05) is 13.1 Å². The fraction of sp³-hybridized carbons (Fsp3) is 0.882. The van der Waals surface area contributed by atoms with E-state index in [1.54, 1.807) is 0 Å². The standard InChI is InChI=1S/C17H31NO3/c1-11(2)7-9-18(10-8-12(3)4)15(19)13-14(16(20)21)17(13,5)6/h11-14H,7-10H2,1-6H3,(H,20,21). The molecule has 2 unspecified atom stereocenters. The van der Waals surface area contributed by atoms with Crippen molar-refractivity contribution in [3.8, 4) is 0 Å². The zero-order valence-electron chi connectivity index (χ0n) is 14.3. The van der Waals surface area contributed by atoms with Crippen LogP contribution in [-0.4, -0.2) is 35.0 Å². The number of carbonyl (C=O) groups is 2. The molecule has 0 heterocycles. The topological polar surface area (TPSA) is 57.6 Å². The third-order valence-corrected chi connectivity index (χ3v) is 4.62. The number of carboxylic acid groups (broad SMARTS) is 1. The summed E-state index contributed by atoms with van der Waals surface area (Å²) in [6.45, 7) is 13.8. The summed E-state index contributed by atoms with van der Waals surface area (Å²) in [5.74, 6) is -0.594. The van der Waals surface area contributed by atoms with Crippen LogP contribution in [-0.2, 0) is 9.59 Å². The van der Waals surface area contributed by atoms with Gasteiger partial charge in [-0.05, 0) is 30.1 Å². The second kappa shape index (κ2) is 6.80. The molecule has 4 nitrogen and oxygen atoms in total. The van der Waals surface area contributed by atoms with Gasteiger partial charge in [0.15, 0.2) is 0 Å². The van der Waals surface area contributed by atoms with E-state index in [4.69, 9.17) is 0 Å². The molecule has 21 heavy (non-hydrogen) atoms. The van der Waals surface area contributed by atoms with Crippen molar-refractivity contribution in [3.63, 3.8) is 0 Å². The molecule has 1 amide bonds. The van der Waals surface area contributed by atoms with Crippen molar-refractivity contribution in [2.24, 2.45) is 29.1 Å². The van der Waals surface area contributed by atoms with Crippen molar-refractivity contribution in [3.05, 3.63) is 0 Å². The lowest BCUT2D eigenvalue weighted by Crippen LogP contribution is -2.36. The van der Waals surface area contributed by atoms with Gasteiger partial charge >= 0.3 is 5.97 Å². The van der Waals surface area contributed by atoms with Gasteiger partial charge in [-0.2, -0.15) is 0 Å². The van der Waals surface area contributed by atoms with Gasteiger partial charge in [0.1, 0.15) is 0 Å². The zero-order chi connectivity index (χ0) is 16.4. The summed E-state index contributed by atoms with van der Waals surface area (Å²) in [5, 5.41) is 9.26. The Labute approximate surface area is 128 Å². The van der Waals surface area contributed by atoms with Gasteiger partial charge < -0.3 is 10.0 Å². The van der Waals surface area contributed by atoms with Gasteiger partial charge in [0.2, 0.25) is 5.91 Å². The van der Waals surface area contributed by atoms with E-state index < -0.39 is 17.3 Å². The maximum absolute atomic E-state index is 12.7. The Morgan fingerprint density at radius 3 is 1.71 bits per heavy atom. The number of carboxylic acids is 1. The summed E-state index contributed by atoms with van der Waals surface area (Å²) in [5.41, 5.74) is -0.406. The fourth-order valence-electron chi connectivity index (χ4n) is 2.92. The van der Waals surface area contributed by atoms with E-state index in [0.717, 1.165) is 25.9 Å². The van der Waals surface area contributed by atoms with E-state index in [2.05, 4.69) is 27.7 Å². The lowest BCUT2D eigenvalue weighted by Gasteiger charge is -2.25. The number of amides is 1. The van der Waals surface area contributed by atoms with Gasteiger partial charge in [-0.15, -0.1) is 0 Å². The summed E-state index contributed by atoms with van der Waals surface area (Å²) in [7, 11) is 0. The second-order valence-electron chi connectivity index (χ2n) is 7.81. The first-order valence-corrected chi connectivity index (χ1v) is 8.10. The van der Waals surface area contributed by atoms with E-state index in [1.807, 2.05) is 18.7 Å². The zero-order valence-corrected chi connectivity index (χ0v) is 14.3. The van der Waals surface area contributed by atoms with E-state index in [1.165, 1.54) is 0 Å². The predicted octanol–water partition coefficient (Wildman–Crippen LogP) is 3.26. The molecule has 1 rings (SSSR count). The van der Waals surface area contributed by atoms with Crippen molar-refractivity contribution in [2.45, 2.75) is 54.4 Å². The highest BCUT2D eigenvalue weighted by Gasteiger charge is 2.66. The second-order valence-corrected chi connectivity index (χ2v) is 7.81. The first kappa shape index (κ1) is 18.0. The summed E-state index contributed by atoms with van der Waals surface area (Å²) in [6, 6.07) is 0. The summed E-state index contributed by atoms with van der Waals surface area (Å²) in [4.78, 5) is 25.9. The Bertz CT molecular complexity index is 375. The lowest BCUT2D eigenvalue weighted by atomic mass is 10.1. The van der Waals surface area contributed by atoms with E-state index in [0.29, 0.717) is 11.8 Å². The molecule has 2 atom stereocenters. The summed E-state index contributed by atoms with van der Waals surface area (Å²) >= 11 is 0. The largest absolute Gasteiger partial charge is 0.481 e. The predicted molar refractivity (Wildman–Crippen MR) is 83.9 cm³/mol. The molecule has 0 aromatic heterocycles. The molecule has 1 aliphatic rings. The van der Waals surface area contributed by atoms with Crippen molar-refractivity contribution >= 4 is 11.9 Å². The van der Waals surface area contributed by atoms with Gasteiger partial charge in [-0.3, -0.25) is 9.59 Å². The normalized spacial score (nSPS) is 23.4. The Balaban J connectivity index is 2.73. The van der Waals surface area contributed by atoms with Crippen molar-refractivity contribution in [1.82, 2.24) is 4.90 Å². The van der Waals surface area contributed by atoms with E-state index in [-0.39, 0.29) is 11.8 Å². The summed E-state index contributed by atoms with van der Waals surface area (Å²) < 4.78 is 0. The third kappa shape index (κ3) is 4.45. The monoisotopic (exact) mass is 297 g/mol. The SMILES string of the molecule is CC(C)CCN(CCC(C)C)C(=O)C1C(C(=O)O)C1(C)C. The van der Waals surface area contributed by atoms with Crippen molar-refractivity contribution in [2.75, 3.05) is 13.1 Å². The molecular weight excluding hydrogens is 266 g/mol. The molecule has 0 bridgehead atoms. The molecule has 0 aliphatic heterocycles. The van der Waals surface area contributed by atoms with Crippen LogP contribution in [0.2, 0.25) is 0 Å². The van der Waals surface area contributed by atoms with Crippen molar-refractivity contribution in [1.29, 1.82) is 0 Å². The third-order valence-electron chi connectivity index (χ3n) is 4.62. The van der Waals surface area contributed by atoms with Crippen LogP contribution in [0.4, 0.5) is 0 Å². The molecule has 4 heteroatoms. The van der Waals surface area contributed by atoms with Crippen LogP contribution in [0.25, 0.3) is 0 Å². The summed E-state index contributed by atoms with van der Waals surface area (Å²) in [6.07, 6.45) is 1.93. The van der Waals surface area contributed by atoms with Crippen LogP contribution in [0.3, 0.4) is 0 Å². The maximum atomic E-state index is 12.7. The van der Waals surface area contributed by atoms with Gasteiger partial charge in [0.25, 0.3) is 0 Å². The average Bonchev–Trinajstić information content (AvgIpc) is 2.91. The highest BCUT2D eigenvalue weighted by atomic mass is 16.4. The van der Waals surface area contributed by atoms with Crippen LogP contribution in [0, 0.1) is 29.1 Å². The van der Waals surface area contributed by atoms with E-state index >= 15 is 0 Å². The molecular formula is C17H31NO3. The molecule has 0 aromatic rings. The molecule has 1 aliphatic carbocycles. The van der Waals surface area contributed by atoms with Crippen LogP contribution in [0.1, 0.15) is 54.4 Å². The van der Waals surface area contributed by atoms with Crippen molar-refractivity contribution < 1.29 is 14.7 Å². The number of carbonyl (C=O) groups excluding carboxylic acids is 1. The Morgan fingerprint density at radius 1 is 1.00 bits per heavy atom. The number of nitrogens with zero attached hydrogens (tertiary/aromatic N) is 1. The fourth-order valence-corrected chi connectivity index (χ4v) is 2.92. The molecule has 1 saturated carbocycles. The smallest absolute Gasteiger partial charge is 0.307 e. The number of aliphatic carboxylic acids is 1. The first-order valence-electron chi connectivity index (χ1n) is 8.10. The Hall–Kier alpha value is -1.06. The minimum Gasteiger partial charge on any atom is -0.481 e. The highest BCUT2D eigenvalue weighted by molar-refractivity contribution is 5.91. The first-order chi connectivity index (χ1) is 9.59. The lowest BCUT2D eigenvalue weighted by molar-refractivity contribution is -0.142. The van der Waals surface area contributed by atoms with Gasteiger partial charge in [-0.1, -0.05) is 41.5 Å². The van der Waals surface area contributed by atoms with Gasteiger partial charge in [-0.25, -0.2) is 0 Å². The molecule has 122 valence electrons. The number of hydrogen-bond acceptors (Lipinski definition) is 2. The minimum absolute atomic E-state index is 0.0358. The minimum atomic E-state index is -0.842. The molecule has 0 aromatic carbocycles. The highest BCUT2D eigenvalue weighted by Crippen LogP contribution is 2.59. The Kier molecular flexibility index (Phi) is 5.83. The number of hydrogen-bond donors (Lipinski definition) is 1. The molecule has 1 N–H and O–H groups in total. The van der Waals surface area contributed by atoms with Gasteiger partial charge in [0.05, 0.1) is 11.8 Å².